The first kappa shape index (κ1) is 23.0. The summed E-state index contributed by atoms with van der Waals surface area (Å²) in [4.78, 5) is 13.8. The van der Waals surface area contributed by atoms with Crippen LogP contribution >= 0.6 is 23.4 Å². The van der Waals surface area contributed by atoms with Crippen molar-refractivity contribution in [3.63, 3.8) is 0 Å². The number of amides is 1. The van der Waals surface area contributed by atoms with E-state index in [1.54, 1.807) is 48.5 Å². The second kappa shape index (κ2) is 10.1. The number of sulfonamides is 1. The van der Waals surface area contributed by atoms with Crippen molar-refractivity contribution >= 4 is 50.7 Å². The zero-order valence-corrected chi connectivity index (χ0v) is 19.3. The summed E-state index contributed by atoms with van der Waals surface area (Å²) in [5, 5.41) is 3.26. The van der Waals surface area contributed by atoms with Gasteiger partial charge in [0.25, 0.3) is 10.0 Å². The highest BCUT2D eigenvalue weighted by Gasteiger charge is 2.27. The molecule has 0 unspecified atom stereocenters. The lowest BCUT2D eigenvalue weighted by Crippen LogP contribution is -2.38. The minimum absolute atomic E-state index is 0.0422. The maximum absolute atomic E-state index is 13.4. The van der Waals surface area contributed by atoms with Crippen LogP contribution in [0, 0.1) is 0 Å². The van der Waals surface area contributed by atoms with Gasteiger partial charge in [0.15, 0.2) is 0 Å². The number of carbonyl (C=O) groups is 1. The molecule has 0 atom stereocenters. The van der Waals surface area contributed by atoms with Gasteiger partial charge in [-0.2, -0.15) is 0 Å². The Hall–Kier alpha value is -2.68. The first-order valence-corrected chi connectivity index (χ1v) is 12.2. The molecule has 1 amide bonds. The average molecular weight is 477 g/mol. The van der Waals surface area contributed by atoms with E-state index in [0.29, 0.717) is 22.1 Å². The number of rotatable bonds is 8. The van der Waals surface area contributed by atoms with Crippen molar-refractivity contribution in [3.05, 3.63) is 77.8 Å². The maximum Gasteiger partial charge on any atom is 0.264 e. The van der Waals surface area contributed by atoms with E-state index in [9.17, 15) is 13.2 Å². The maximum atomic E-state index is 13.4. The lowest BCUT2D eigenvalue weighted by molar-refractivity contribution is -0.114. The summed E-state index contributed by atoms with van der Waals surface area (Å²) in [5.74, 6) is 0.0666. The van der Waals surface area contributed by atoms with Crippen LogP contribution in [0.5, 0.6) is 5.75 Å². The molecule has 0 aromatic heterocycles. The quantitative estimate of drug-likeness (QED) is 0.468. The fourth-order valence-corrected chi connectivity index (χ4v) is 4.97. The number of benzene rings is 3. The van der Waals surface area contributed by atoms with Gasteiger partial charge in [-0.25, -0.2) is 8.42 Å². The van der Waals surface area contributed by atoms with Gasteiger partial charge in [-0.05, 0) is 66.9 Å². The van der Waals surface area contributed by atoms with E-state index < -0.39 is 22.5 Å². The molecule has 3 aromatic carbocycles. The molecule has 6 nitrogen and oxygen atoms in total. The van der Waals surface area contributed by atoms with Crippen molar-refractivity contribution < 1.29 is 17.9 Å². The Balaban J connectivity index is 1.94. The molecular weight excluding hydrogens is 456 g/mol. The van der Waals surface area contributed by atoms with Gasteiger partial charge in [-0.15, -0.1) is 11.8 Å². The van der Waals surface area contributed by atoms with Gasteiger partial charge in [-0.1, -0.05) is 23.7 Å². The van der Waals surface area contributed by atoms with Crippen LogP contribution < -0.4 is 14.4 Å². The molecule has 0 spiro atoms. The van der Waals surface area contributed by atoms with E-state index in [1.807, 2.05) is 18.4 Å². The summed E-state index contributed by atoms with van der Waals surface area (Å²) < 4.78 is 33.0. The van der Waals surface area contributed by atoms with Crippen LogP contribution in [-0.2, 0) is 14.8 Å². The fourth-order valence-electron chi connectivity index (χ4n) is 2.87. The van der Waals surface area contributed by atoms with Gasteiger partial charge in [0.1, 0.15) is 12.3 Å². The van der Waals surface area contributed by atoms with E-state index >= 15 is 0 Å². The fraction of sp³-hybridized carbons (Fsp3) is 0.136. The van der Waals surface area contributed by atoms with Gasteiger partial charge in [0.05, 0.1) is 23.4 Å². The number of nitrogens with one attached hydrogen (secondary N) is 1. The number of anilines is 2. The zero-order valence-electron chi connectivity index (χ0n) is 16.9. The molecule has 9 heteroatoms. The molecule has 0 aliphatic carbocycles. The SMILES string of the molecule is COc1ccc(S(=O)(=O)N(CC(=O)Nc2ccccc2SC)c2ccc(Cl)cc2)cc1. The van der Waals surface area contributed by atoms with E-state index in [1.165, 1.54) is 31.0 Å². The number of hydrogen-bond donors (Lipinski definition) is 1. The zero-order chi connectivity index (χ0) is 22.4. The highest BCUT2D eigenvalue weighted by atomic mass is 35.5. The van der Waals surface area contributed by atoms with Gasteiger partial charge in [0, 0.05) is 9.92 Å². The summed E-state index contributed by atoms with van der Waals surface area (Å²) in [6.45, 7) is -0.404. The number of para-hydroxylation sites is 1. The molecule has 1 N–H and O–H groups in total. The monoisotopic (exact) mass is 476 g/mol. The Kier molecular flexibility index (Phi) is 7.48. The highest BCUT2D eigenvalue weighted by molar-refractivity contribution is 7.98. The largest absolute Gasteiger partial charge is 0.497 e. The smallest absolute Gasteiger partial charge is 0.264 e. The van der Waals surface area contributed by atoms with Crippen molar-refractivity contribution in [2.24, 2.45) is 0 Å². The molecule has 0 radical (unpaired) electrons. The van der Waals surface area contributed by atoms with Crippen molar-refractivity contribution in [2.75, 3.05) is 29.5 Å². The van der Waals surface area contributed by atoms with E-state index in [2.05, 4.69) is 5.32 Å². The van der Waals surface area contributed by atoms with Crippen LogP contribution in [0.25, 0.3) is 0 Å². The molecule has 0 fully saturated rings. The minimum Gasteiger partial charge on any atom is -0.497 e. The number of nitrogens with zero attached hydrogens (tertiary/aromatic N) is 1. The number of ether oxygens (including phenoxy) is 1. The predicted octanol–water partition coefficient (Wildman–Crippen LogP) is 4.90. The van der Waals surface area contributed by atoms with Gasteiger partial charge < -0.3 is 10.1 Å². The molecule has 0 aliphatic heterocycles. The second-order valence-corrected chi connectivity index (χ2v) is 9.56. The summed E-state index contributed by atoms with van der Waals surface area (Å²) in [6, 6.07) is 19.6. The van der Waals surface area contributed by atoms with Crippen molar-refractivity contribution in [1.82, 2.24) is 0 Å². The van der Waals surface area contributed by atoms with E-state index in [0.717, 1.165) is 9.20 Å². The van der Waals surface area contributed by atoms with Crippen LogP contribution in [-0.4, -0.2) is 34.2 Å². The first-order chi connectivity index (χ1) is 14.8. The molecule has 162 valence electrons. The predicted molar refractivity (Wildman–Crippen MR) is 126 cm³/mol. The summed E-state index contributed by atoms with van der Waals surface area (Å²) in [7, 11) is -2.53. The summed E-state index contributed by atoms with van der Waals surface area (Å²) >= 11 is 7.45. The van der Waals surface area contributed by atoms with Crippen LogP contribution in [0.3, 0.4) is 0 Å². The number of carbonyl (C=O) groups excluding carboxylic acids is 1. The number of methoxy groups -OCH3 is 1. The van der Waals surface area contributed by atoms with Crippen molar-refractivity contribution in [2.45, 2.75) is 9.79 Å². The Morgan fingerprint density at radius 3 is 2.29 bits per heavy atom. The van der Waals surface area contributed by atoms with Crippen LogP contribution in [0.1, 0.15) is 0 Å². The van der Waals surface area contributed by atoms with Crippen LogP contribution in [0.2, 0.25) is 5.02 Å². The first-order valence-electron chi connectivity index (χ1n) is 9.20. The van der Waals surface area contributed by atoms with Gasteiger partial charge in [0.2, 0.25) is 5.91 Å². The van der Waals surface area contributed by atoms with Gasteiger partial charge in [-0.3, -0.25) is 9.10 Å². The average Bonchev–Trinajstić information content (AvgIpc) is 2.78. The molecule has 0 saturated heterocycles. The van der Waals surface area contributed by atoms with Crippen molar-refractivity contribution in [1.29, 1.82) is 0 Å². The molecule has 0 saturated carbocycles. The normalized spacial score (nSPS) is 11.1. The Morgan fingerprint density at radius 1 is 1.03 bits per heavy atom. The van der Waals surface area contributed by atoms with Gasteiger partial charge >= 0.3 is 0 Å². The number of halogens is 1. The Labute approximate surface area is 191 Å². The Morgan fingerprint density at radius 2 is 1.68 bits per heavy atom. The molecular formula is C22H21ClN2O4S2. The highest BCUT2D eigenvalue weighted by Crippen LogP contribution is 2.28. The molecule has 0 heterocycles. The molecule has 31 heavy (non-hydrogen) atoms. The third-order valence-electron chi connectivity index (χ3n) is 4.43. The summed E-state index contributed by atoms with van der Waals surface area (Å²) in [6.07, 6.45) is 1.90. The second-order valence-electron chi connectivity index (χ2n) is 6.41. The molecule has 0 bridgehead atoms. The molecule has 3 aromatic rings. The van der Waals surface area contributed by atoms with Crippen LogP contribution in [0.15, 0.2) is 82.6 Å². The standard InChI is InChI=1S/C22H21ClN2O4S2/c1-29-18-11-13-19(14-12-18)31(27,28)25(17-9-7-16(23)8-10-17)15-22(26)24-20-5-3-4-6-21(20)30-2/h3-14H,15H2,1-2H3,(H,24,26). The van der Waals surface area contributed by atoms with E-state index in [4.69, 9.17) is 16.3 Å². The Bertz CT molecular complexity index is 1150. The lowest BCUT2D eigenvalue weighted by atomic mass is 10.3. The topological polar surface area (TPSA) is 75.7 Å². The third kappa shape index (κ3) is 5.52. The third-order valence-corrected chi connectivity index (χ3v) is 7.27. The molecule has 3 rings (SSSR count). The lowest BCUT2D eigenvalue weighted by Gasteiger charge is -2.24. The molecule has 0 aliphatic rings. The summed E-state index contributed by atoms with van der Waals surface area (Å²) in [5.41, 5.74) is 0.950. The van der Waals surface area contributed by atoms with Crippen molar-refractivity contribution in [3.8, 4) is 5.75 Å². The minimum atomic E-state index is -4.03. The number of hydrogen-bond acceptors (Lipinski definition) is 5. The number of thioether (sulfide) groups is 1. The van der Waals surface area contributed by atoms with Crippen LogP contribution in [0.4, 0.5) is 11.4 Å². The van der Waals surface area contributed by atoms with E-state index in [-0.39, 0.29) is 4.90 Å².